The molecule has 1 aromatic rings. The molecule has 1 aliphatic rings. The van der Waals surface area contributed by atoms with Gasteiger partial charge in [0.15, 0.2) is 0 Å². The highest BCUT2D eigenvalue weighted by Gasteiger charge is 2.22. The van der Waals surface area contributed by atoms with Gasteiger partial charge in [-0.2, -0.15) is 0 Å². The second kappa shape index (κ2) is 6.13. The summed E-state index contributed by atoms with van der Waals surface area (Å²) in [4.78, 5) is 7.08. The van der Waals surface area contributed by atoms with Gasteiger partial charge >= 0.3 is 0 Å². The summed E-state index contributed by atoms with van der Waals surface area (Å²) in [6, 6.07) is 0.797. The average Bonchev–Trinajstić information content (AvgIpc) is 2.78. The minimum absolute atomic E-state index is 0.0598. The van der Waals surface area contributed by atoms with Crippen molar-refractivity contribution in [2.24, 2.45) is 11.7 Å². The van der Waals surface area contributed by atoms with E-state index in [1.807, 2.05) is 6.92 Å². The van der Waals surface area contributed by atoms with Crippen molar-refractivity contribution in [1.82, 2.24) is 9.88 Å². The lowest BCUT2D eigenvalue weighted by Crippen LogP contribution is -2.34. The normalized spacial score (nSPS) is 26.5. The summed E-state index contributed by atoms with van der Waals surface area (Å²) in [5, 5.41) is 3.20. The number of hydrogen-bond donors (Lipinski definition) is 1. The second-order valence-corrected chi connectivity index (χ2v) is 6.68. The molecular weight excluding hydrogens is 242 g/mol. The van der Waals surface area contributed by atoms with Crippen LogP contribution >= 0.6 is 11.3 Å². The first-order valence-corrected chi connectivity index (χ1v) is 7.84. The van der Waals surface area contributed by atoms with Crippen molar-refractivity contribution in [3.05, 3.63) is 16.1 Å². The van der Waals surface area contributed by atoms with E-state index >= 15 is 0 Å². The first kappa shape index (κ1) is 14.0. The van der Waals surface area contributed by atoms with Crippen molar-refractivity contribution in [1.29, 1.82) is 0 Å². The Morgan fingerprint density at radius 3 is 2.67 bits per heavy atom. The molecule has 0 radical (unpaired) electrons. The fourth-order valence-corrected chi connectivity index (χ4v) is 3.44. The Hall–Kier alpha value is -0.450. The molecule has 0 amide bonds. The van der Waals surface area contributed by atoms with Crippen LogP contribution in [-0.4, -0.2) is 23.0 Å². The van der Waals surface area contributed by atoms with Crippen LogP contribution < -0.4 is 5.73 Å². The molecule has 0 aliphatic heterocycles. The number of hydrogen-bond acceptors (Lipinski definition) is 4. The molecule has 2 rings (SSSR count). The summed E-state index contributed by atoms with van der Waals surface area (Å²) in [6.07, 6.45) is 5.41. The zero-order valence-corrected chi connectivity index (χ0v) is 12.5. The maximum absolute atomic E-state index is 5.85. The molecule has 18 heavy (non-hydrogen) atoms. The molecule has 2 N–H and O–H groups in total. The number of thiazole rings is 1. The molecule has 1 aliphatic carbocycles. The molecule has 1 atom stereocenters. The minimum Gasteiger partial charge on any atom is -0.322 e. The Labute approximate surface area is 114 Å². The van der Waals surface area contributed by atoms with Gasteiger partial charge in [-0.05, 0) is 45.6 Å². The lowest BCUT2D eigenvalue weighted by molar-refractivity contribution is 0.162. The van der Waals surface area contributed by atoms with E-state index in [0.29, 0.717) is 0 Å². The van der Waals surface area contributed by atoms with Gasteiger partial charge < -0.3 is 5.73 Å². The van der Waals surface area contributed by atoms with Crippen molar-refractivity contribution in [3.8, 4) is 0 Å². The number of nitrogens with two attached hydrogens (primary N) is 1. The van der Waals surface area contributed by atoms with Crippen LogP contribution in [-0.2, 0) is 6.54 Å². The van der Waals surface area contributed by atoms with E-state index < -0.39 is 0 Å². The molecule has 102 valence electrons. The first-order valence-electron chi connectivity index (χ1n) is 6.96. The van der Waals surface area contributed by atoms with Crippen molar-refractivity contribution < 1.29 is 0 Å². The van der Waals surface area contributed by atoms with Crippen molar-refractivity contribution in [3.63, 3.8) is 0 Å². The highest BCUT2D eigenvalue weighted by atomic mass is 32.1. The van der Waals surface area contributed by atoms with E-state index in [2.05, 4.69) is 29.2 Å². The third-order valence-electron chi connectivity index (χ3n) is 3.98. The number of aromatic nitrogens is 1. The monoisotopic (exact) mass is 267 g/mol. The standard InChI is InChI=1S/C14H25N3S/c1-10-4-6-13(7-5-10)17(3)8-12-9-18-14(16-12)11(2)15/h9-11,13H,4-8,15H2,1-3H3. The zero-order valence-electron chi connectivity index (χ0n) is 11.7. The predicted molar refractivity (Wildman–Crippen MR) is 77.6 cm³/mol. The van der Waals surface area contributed by atoms with Crippen LogP contribution in [0.4, 0.5) is 0 Å². The summed E-state index contributed by atoms with van der Waals surface area (Å²) in [7, 11) is 2.23. The fraction of sp³-hybridized carbons (Fsp3) is 0.786. The van der Waals surface area contributed by atoms with Gasteiger partial charge in [0, 0.05) is 18.0 Å². The maximum atomic E-state index is 5.85. The van der Waals surface area contributed by atoms with E-state index in [4.69, 9.17) is 5.73 Å². The van der Waals surface area contributed by atoms with Crippen LogP contribution in [0, 0.1) is 5.92 Å². The summed E-state index contributed by atoms with van der Waals surface area (Å²) < 4.78 is 0. The van der Waals surface area contributed by atoms with Crippen LogP contribution in [0.1, 0.15) is 56.3 Å². The van der Waals surface area contributed by atoms with E-state index in [1.165, 1.54) is 31.4 Å². The Kier molecular flexibility index (Phi) is 4.76. The summed E-state index contributed by atoms with van der Waals surface area (Å²) in [5.41, 5.74) is 7.02. The Bertz CT molecular complexity index is 367. The molecule has 1 saturated carbocycles. The molecule has 0 saturated heterocycles. The smallest absolute Gasteiger partial charge is 0.109 e. The van der Waals surface area contributed by atoms with Crippen molar-refractivity contribution in [2.75, 3.05) is 7.05 Å². The third kappa shape index (κ3) is 3.53. The molecule has 1 unspecified atom stereocenters. The summed E-state index contributed by atoms with van der Waals surface area (Å²) in [6.45, 7) is 5.32. The van der Waals surface area contributed by atoms with Gasteiger partial charge in [0.2, 0.25) is 0 Å². The number of rotatable bonds is 4. The first-order chi connectivity index (χ1) is 8.56. The quantitative estimate of drug-likeness (QED) is 0.911. The average molecular weight is 267 g/mol. The van der Waals surface area contributed by atoms with Gasteiger partial charge in [-0.1, -0.05) is 6.92 Å². The third-order valence-corrected chi connectivity index (χ3v) is 5.07. The van der Waals surface area contributed by atoms with Crippen molar-refractivity contribution >= 4 is 11.3 Å². The van der Waals surface area contributed by atoms with Crippen LogP contribution in [0.15, 0.2) is 5.38 Å². The van der Waals surface area contributed by atoms with Crippen LogP contribution in [0.25, 0.3) is 0 Å². The van der Waals surface area contributed by atoms with Crippen LogP contribution in [0.3, 0.4) is 0 Å². The Balaban J connectivity index is 1.88. The molecule has 4 heteroatoms. The second-order valence-electron chi connectivity index (χ2n) is 5.79. The molecule has 0 aromatic carbocycles. The molecule has 3 nitrogen and oxygen atoms in total. The SMILES string of the molecule is CC1CCC(N(C)Cc2csc(C(C)N)n2)CC1. The van der Waals surface area contributed by atoms with Crippen LogP contribution in [0.2, 0.25) is 0 Å². The topological polar surface area (TPSA) is 42.1 Å². The minimum atomic E-state index is 0.0598. The molecule has 1 heterocycles. The van der Waals surface area contributed by atoms with Gasteiger partial charge in [0.25, 0.3) is 0 Å². The molecule has 1 fully saturated rings. The highest BCUT2D eigenvalue weighted by molar-refractivity contribution is 7.09. The molecule has 0 spiro atoms. The summed E-state index contributed by atoms with van der Waals surface area (Å²) in [5.74, 6) is 0.915. The largest absolute Gasteiger partial charge is 0.322 e. The van der Waals surface area contributed by atoms with E-state index in [9.17, 15) is 0 Å². The van der Waals surface area contributed by atoms with Gasteiger partial charge in [-0.3, -0.25) is 4.90 Å². The van der Waals surface area contributed by atoms with Gasteiger partial charge in [-0.25, -0.2) is 4.98 Å². The molecule has 0 bridgehead atoms. The molecule has 1 aromatic heterocycles. The summed E-state index contributed by atoms with van der Waals surface area (Å²) >= 11 is 1.68. The lowest BCUT2D eigenvalue weighted by Gasteiger charge is -2.33. The van der Waals surface area contributed by atoms with Crippen molar-refractivity contribution in [2.45, 2.75) is 58.2 Å². The van der Waals surface area contributed by atoms with Crippen LogP contribution in [0.5, 0.6) is 0 Å². The Morgan fingerprint density at radius 1 is 1.44 bits per heavy atom. The van der Waals surface area contributed by atoms with Gasteiger partial charge in [-0.15, -0.1) is 11.3 Å². The number of nitrogens with zero attached hydrogens (tertiary/aromatic N) is 2. The van der Waals surface area contributed by atoms with Gasteiger partial charge in [0.05, 0.1) is 11.7 Å². The Morgan fingerprint density at radius 2 is 2.11 bits per heavy atom. The maximum Gasteiger partial charge on any atom is 0.109 e. The van der Waals surface area contributed by atoms with E-state index in [-0.39, 0.29) is 6.04 Å². The zero-order chi connectivity index (χ0) is 13.1. The highest BCUT2D eigenvalue weighted by Crippen LogP contribution is 2.27. The molecular formula is C14H25N3S. The lowest BCUT2D eigenvalue weighted by atomic mass is 9.87. The van der Waals surface area contributed by atoms with E-state index in [1.54, 1.807) is 11.3 Å². The predicted octanol–water partition coefficient (Wildman–Crippen LogP) is 3.17. The van der Waals surface area contributed by atoms with Gasteiger partial charge in [0.1, 0.15) is 5.01 Å². The van der Waals surface area contributed by atoms with E-state index in [0.717, 1.165) is 23.5 Å². The fourth-order valence-electron chi connectivity index (χ4n) is 2.67.